The van der Waals surface area contributed by atoms with Gasteiger partial charge in [-0.1, -0.05) is 13.8 Å². The number of nitrogens with zero attached hydrogens (tertiary/aromatic N) is 1. The fourth-order valence-corrected chi connectivity index (χ4v) is 2.70. The lowest BCUT2D eigenvalue weighted by atomic mass is 9.82. The van der Waals surface area contributed by atoms with Crippen LogP contribution in [0.25, 0.3) is 0 Å². The molecule has 1 fully saturated rings. The molecule has 0 aromatic rings. The monoisotopic (exact) mass is 286 g/mol. The van der Waals surface area contributed by atoms with Gasteiger partial charge >= 0.3 is 12.0 Å². The van der Waals surface area contributed by atoms with Crippen LogP contribution in [0.3, 0.4) is 0 Å². The summed E-state index contributed by atoms with van der Waals surface area (Å²) in [6.07, 6.45) is 2.70. The molecule has 1 aliphatic rings. The minimum Gasteiger partial charge on any atom is -0.481 e. The average molecular weight is 286 g/mol. The lowest BCUT2D eigenvalue weighted by Crippen LogP contribution is -2.47. The zero-order valence-corrected chi connectivity index (χ0v) is 12.6. The first-order chi connectivity index (χ1) is 9.23. The third kappa shape index (κ3) is 4.37. The van der Waals surface area contributed by atoms with Crippen molar-refractivity contribution in [2.45, 2.75) is 52.1 Å². The van der Waals surface area contributed by atoms with Gasteiger partial charge in [-0.25, -0.2) is 4.79 Å². The molecule has 0 aromatic carbocycles. The summed E-state index contributed by atoms with van der Waals surface area (Å²) in [4.78, 5) is 24.4. The Hall–Kier alpha value is -1.30. The van der Waals surface area contributed by atoms with E-state index < -0.39 is 11.6 Å². The van der Waals surface area contributed by atoms with Crippen LogP contribution >= 0.6 is 0 Å². The molecule has 2 amide bonds. The van der Waals surface area contributed by atoms with Gasteiger partial charge in [0, 0.05) is 19.6 Å². The molecule has 0 aliphatic carbocycles. The summed E-state index contributed by atoms with van der Waals surface area (Å²) in [6.45, 7) is 7.08. The highest BCUT2D eigenvalue weighted by molar-refractivity contribution is 5.75. The van der Waals surface area contributed by atoms with E-state index in [1.807, 2.05) is 0 Å². The van der Waals surface area contributed by atoms with Gasteiger partial charge < -0.3 is 20.4 Å². The quantitative estimate of drug-likeness (QED) is 0.689. The summed E-state index contributed by atoms with van der Waals surface area (Å²) < 4.78 is 0. The van der Waals surface area contributed by atoms with Crippen LogP contribution in [0.4, 0.5) is 4.79 Å². The van der Waals surface area contributed by atoms with Crippen molar-refractivity contribution in [3.05, 3.63) is 0 Å². The number of aliphatic hydroxyl groups is 1. The Morgan fingerprint density at radius 2 is 1.95 bits per heavy atom. The number of carboxylic acids is 1. The van der Waals surface area contributed by atoms with Crippen molar-refractivity contribution >= 4 is 12.0 Å². The van der Waals surface area contributed by atoms with Crippen LogP contribution < -0.4 is 5.32 Å². The molecule has 6 heteroatoms. The standard InChI is InChI=1S/C14H26N2O4/c1-4-14(5-2)6-7-16(10-14)12(19)15-9-13(3,20)8-11(17)18/h20H,4-10H2,1-3H3,(H,15,19)(H,17,18). The normalized spacial score (nSPS) is 20.5. The van der Waals surface area contributed by atoms with Crippen molar-refractivity contribution in [2.75, 3.05) is 19.6 Å². The molecule has 0 radical (unpaired) electrons. The van der Waals surface area contributed by atoms with E-state index in [1.165, 1.54) is 6.92 Å². The van der Waals surface area contributed by atoms with Crippen LogP contribution in [-0.4, -0.2) is 52.3 Å². The second kappa shape index (κ2) is 6.43. The van der Waals surface area contributed by atoms with E-state index in [4.69, 9.17) is 5.11 Å². The van der Waals surface area contributed by atoms with Gasteiger partial charge in [0.1, 0.15) is 0 Å². The van der Waals surface area contributed by atoms with Crippen molar-refractivity contribution < 1.29 is 19.8 Å². The van der Waals surface area contributed by atoms with E-state index in [0.717, 1.165) is 25.8 Å². The maximum atomic E-state index is 12.1. The third-order valence-electron chi connectivity index (χ3n) is 4.38. The summed E-state index contributed by atoms with van der Waals surface area (Å²) in [5.74, 6) is -1.08. The average Bonchev–Trinajstić information content (AvgIpc) is 2.80. The van der Waals surface area contributed by atoms with Gasteiger partial charge in [-0.2, -0.15) is 0 Å². The molecule has 1 rings (SSSR count). The Bertz CT molecular complexity index is 364. The van der Waals surface area contributed by atoms with E-state index in [1.54, 1.807) is 4.90 Å². The minimum absolute atomic E-state index is 0.0557. The Labute approximate surface area is 120 Å². The summed E-state index contributed by atoms with van der Waals surface area (Å²) in [5, 5.41) is 21.2. The molecule has 6 nitrogen and oxygen atoms in total. The van der Waals surface area contributed by atoms with E-state index in [2.05, 4.69) is 19.2 Å². The van der Waals surface area contributed by atoms with Crippen LogP contribution in [0.5, 0.6) is 0 Å². The number of rotatable bonds is 6. The number of carboxylic acid groups (broad SMARTS) is 1. The summed E-state index contributed by atoms with van der Waals surface area (Å²) in [7, 11) is 0. The first-order valence-electron chi connectivity index (χ1n) is 7.20. The van der Waals surface area contributed by atoms with Gasteiger partial charge in [0.2, 0.25) is 0 Å². The number of carbonyl (C=O) groups excluding carboxylic acids is 1. The largest absolute Gasteiger partial charge is 0.481 e. The molecule has 1 aliphatic heterocycles. The van der Waals surface area contributed by atoms with Crippen molar-refractivity contribution in [3.8, 4) is 0 Å². The Balaban J connectivity index is 2.47. The first kappa shape index (κ1) is 16.8. The fourth-order valence-electron chi connectivity index (χ4n) is 2.70. The molecular formula is C14H26N2O4. The number of carbonyl (C=O) groups is 2. The van der Waals surface area contributed by atoms with Gasteiger partial charge in [0.05, 0.1) is 12.0 Å². The topological polar surface area (TPSA) is 89.9 Å². The van der Waals surface area contributed by atoms with Crippen LogP contribution in [0, 0.1) is 5.41 Å². The highest BCUT2D eigenvalue weighted by atomic mass is 16.4. The predicted octanol–water partition coefficient (Wildman–Crippen LogP) is 1.43. The number of nitrogens with one attached hydrogen (secondary N) is 1. The highest BCUT2D eigenvalue weighted by Crippen LogP contribution is 2.36. The zero-order valence-electron chi connectivity index (χ0n) is 12.6. The van der Waals surface area contributed by atoms with Crippen LogP contribution in [0.15, 0.2) is 0 Å². The fraction of sp³-hybridized carbons (Fsp3) is 0.857. The Kier molecular flexibility index (Phi) is 5.39. The van der Waals surface area contributed by atoms with E-state index in [-0.39, 0.29) is 24.4 Å². The maximum absolute atomic E-state index is 12.1. The van der Waals surface area contributed by atoms with Gasteiger partial charge in [-0.15, -0.1) is 0 Å². The number of urea groups is 1. The van der Waals surface area contributed by atoms with Crippen LogP contribution in [-0.2, 0) is 4.79 Å². The van der Waals surface area contributed by atoms with E-state index in [9.17, 15) is 14.7 Å². The first-order valence-corrected chi connectivity index (χ1v) is 7.20. The van der Waals surface area contributed by atoms with E-state index in [0.29, 0.717) is 6.54 Å². The Morgan fingerprint density at radius 1 is 1.35 bits per heavy atom. The van der Waals surface area contributed by atoms with Gasteiger partial charge in [-0.3, -0.25) is 4.79 Å². The molecule has 0 saturated carbocycles. The molecule has 3 N–H and O–H groups in total. The molecule has 0 aromatic heterocycles. The van der Waals surface area contributed by atoms with Crippen molar-refractivity contribution in [1.29, 1.82) is 0 Å². The number of hydrogen-bond donors (Lipinski definition) is 3. The van der Waals surface area contributed by atoms with Crippen molar-refractivity contribution in [1.82, 2.24) is 10.2 Å². The summed E-state index contributed by atoms with van der Waals surface area (Å²) >= 11 is 0. The molecule has 0 spiro atoms. The molecule has 1 heterocycles. The third-order valence-corrected chi connectivity index (χ3v) is 4.38. The number of aliphatic carboxylic acids is 1. The van der Waals surface area contributed by atoms with E-state index >= 15 is 0 Å². The van der Waals surface area contributed by atoms with Gasteiger partial charge in [0.15, 0.2) is 0 Å². The second-order valence-electron chi connectivity index (χ2n) is 6.10. The Morgan fingerprint density at radius 3 is 2.40 bits per heavy atom. The molecule has 1 atom stereocenters. The smallest absolute Gasteiger partial charge is 0.317 e. The molecule has 20 heavy (non-hydrogen) atoms. The molecule has 1 unspecified atom stereocenters. The van der Waals surface area contributed by atoms with Crippen molar-refractivity contribution in [3.63, 3.8) is 0 Å². The van der Waals surface area contributed by atoms with Gasteiger partial charge in [0.25, 0.3) is 0 Å². The number of likely N-dealkylation sites (tertiary alicyclic amines) is 1. The van der Waals surface area contributed by atoms with Crippen molar-refractivity contribution in [2.24, 2.45) is 5.41 Å². The second-order valence-corrected chi connectivity index (χ2v) is 6.10. The molecule has 0 bridgehead atoms. The van der Waals surface area contributed by atoms with Crippen LogP contribution in [0.2, 0.25) is 0 Å². The summed E-state index contributed by atoms with van der Waals surface area (Å²) in [6, 6.07) is -0.223. The molecule has 116 valence electrons. The minimum atomic E-state index is -1.42. The molecular weight excluding hydrogens is 260 g/mol. The number of hydrogen-bond acceptors (Lipinski definition) is 3. The molecule has 1 saturated heterocycles. The maximum Gasteiger partial charge on any atom is 0.317 e. The van der Waals surface area contributed by atoms with Gasteiger partial charge in [-0.05, 0) is 31.6 Å². The summed E-state index contributed by atoms with van der Waals surface area (Å²) in [5.41, 5.74) is -1.21. The number of amides is 2. The predicted molar refractivity (Wildman–Crippen MR) is 75.5 cm³/mol. The SMILES string of the molecule is CCC1(CC)CCN(C(=O)NCC(C)(O)CC(=O)O)C1. The lowest BCUT2D eigenvalue weighted by Gasteiger charge is -2.27. The highest BCUT2D eigenvalue weighted by Gasteiger charge is 2.37. The lowest BCUT2D eigenvalue weighted by molar-refractivity contribution is -0.141. The van der Waals surface area contributed by atoms with Crippen LogP contribution in [0.1, 0.15) is 46.5 Å². The zero-order chi connectivity index (χ0) is 15.4.